The number of amides is 1. The fourth-order valence-electron chi connectivity index (χ4n) is 3.50. The molecule has 0 atom stereocenters. The molecule has 0 unspecified atom stereocenters. The molecule has 3 rings (SSSR count). The van der Waals surface area contributed by atoms with Crippen molar-refractivity contribution in [3.8, 4) is 11.1 Å². The topological polar surface area (TPSA) is 117 Å². The summed E-state index contributed by atoms with van der Waals surface area (Å²) in [6.07, 6.45) is 0.954. The third-order valence-corrected chi connectivity index (χ3v) is 9.44. The van der Waals surface area contributed by atoms with E-state index in [9.17, 15) is 18.3 Å². The van der Waals surface area contributed by atoms with E-state index in [4.69, 9.17) is 10.1 Å². The predicted molar refractivity (Wildman–Crippen MR) is 140 cm³/mol. The van der Waals surface area contributed by atoms with Gasteiger partial charge >= 0.3 is 6.09 Å². The highest BCUT2D eigenvalue weighted by Crippen LogP contribution is 2.40. The van der Waals surface area contributed by atoms with E-state index in [1.807, 2.05) is 31.2 Å². The number of benzene rings is 2. The Hall–Kier alpha value is -2.66. The maximum atomic E-state index is 13.8. The molecule has 10 heteroatoms. The van der Waals surface area contributed by atoms with Gasteiger partial charge in [0.25, 0.3) is 0 Å². The van der Waals surface area contributed by atoms with Gasteiger partial charge in [0.15, 0.2) is 0 Å². The second-order valence-corrected chi connectivity index (χ2v) is 12.7. The second-order valence-electron chi connectivity index (χ2n) is 8.73. The van der Waals surface area contributed by atoms with Crippen molar-refractivity contribution >= 4 is 44.9 Å². The normalized spacial score (nSPS) is 11.8. The molecule has 0 bridgehead atoms. The Morgan fingerprint density at radius 1 is 1.11 bits per heavy atom. The zero-order valence-electron chi connectivity index (χ0n) is 20.1. The van der Waals surface area contributed by atoms with Crippen LogP contribution < -0.4 is 5.32 Å². The van der Waals surface area contributed by atoms with Gasteiger partial charge < -0.3 is 9.84 Å². The molecule has 0 radical (unpaired) electrons. The summed E-state index contributed by atoms with van der Waals surface area (Å²) in [5.74, 6) is -0.253. The number of ether oxygens (including phenoxy) is 1. The lowest BCUT2D eigenvalue weighted by molar-refractivity contribution is 0.0563. The van der Waals surface area contributed by atoms with Crippen LogP contribution in [0.1, 0.15) is 36.8 Å². The van der Waals surface area contributed by atoms with E-state index < -0.39 is 28.1 Å². The monoisotopic (exact) mass is 532 g/mol. The van der Waals surface area contributed by atoms with E-state index in [1.54, 1.807) is 39.2 Å². The van der Waals surface area contributed by atoms with Gasteiger partial charge in [0.2, 0.25) is 9.84 Å². The number of hydrogen-bond acceptors (Lipinski definition) is 8. The molecule has 0 aliphatic rings. The number of aryl methyl sites for hydroxylation is 1. The number of carbonyl (C=O) groups is 1. The first kappa shape index (κ1) is 26.9. The van der Waals surface area contributed by atoms with Crippen molar-refractivity contribution < 1.29 is 23.1 Å². The van der Waals surface area contributed by atoms with Crippen molar-refractivity contribution in [1.82, 2.24) is 5.32 Å². The third-order valence-electron chi connectivity index (χ3n) is 5.03. The highest BCUT2D eigenvalue weighted by molar-refractivity contribution is 8.01. The van der Waals surface area contributed by atoms with Gasteiger partial charge in [-0.25, -0.2) is 13.2 Å². The number of sulfone groups is 1. The molecule has 1 aromatic heterocycles. The third kappa shape index (κ3) is 5.95. The number of carbonyl (C=O) groups excluding carboxylic acids is 1. The Morgan fingerprint density at radius 3 is 2.37 bits per heavy atom. The molecular formula is C25H28N2O5S3. The van der Waals surface area contributed by atoms with E-state index in [-0.39, 0.29) is 20.5 Å². The number of aliphatic hydroxyl groups is 1. The molecule has 2 aromatic carbocycles. The number of rotatable bonds is 6. The van der Waals surface area contributed by atoms with E-state index >= 15 is 0 Å². The minimum atomic E-state index is -4.05. The molecule has 3 aromatic rings. The molecule has 35 heavy (non-hydrogen) atoms. The molecule has 0 saturated heterocycles. The van der Waals surface area contributed by atoms with Crippen LogP contribution in [0.2, 0.25) is 0 Å². The Morgan fingerprint density at radius 2 is 1.77 bits per heavy atom. The van der Waals surface area contributed by atoms with E-state index in [0.29, 0.717) is 15.3 Å². The van der Waals surface area contributed by atoms with E-state index in [1.165, 1.54) is 23.9 Å². The molecule has 3 N–H and O–H groups in total. The number of aliphatic hydroxyl groups excluding tert-OH is 1. The van der Waals surface area contributed by atoms with Crippen molar-refractivity contribution in [2.45, 2.75) is 53.9 Å². The summed E-state index contributed by atoms with van der Waals surface area (Å²) in [5, 5.41) is 20.8. The largest absolute Gasteiger partial charge is 0.444 e. The highest BCUT2D eigenvalue weighted by Gasteiger charge is 2.29. The van der Waals surface area contributed by atoms with Gasteiger partial charge in [-0.15, -0.1) is 23.1 Å². The summed E-state index contributed by atoms with van der Waals surface area (Å²) >= 11 is 2.33. The van der Waals surface area contributed by atoms with Crippen molar-refractivity contribution in [2.75, 3.05) is 6.26 Å². The Balaban J connectivity index is 2.06. The van der Waals surface area contributed by atoms with Gasteiger partial charge in [-0.05, 0) is 62.8 Å². The minimum Gasteiger partial charge on any atom is -0.444 e. The number of hydrogen-bond donors (Lipinski definition) is 3. The van der Waals surface area contributed by atoms with Crippen molar-refractivity contribution in [3.63, 3.8) is 0 Å². The smallest absolute Gasteiger partial charge is 0.413 e. The molecule has 0 aliphatic heterocycles. The second kappa shape index (κ2) is 10.5. The van der Waals surface area contributed by atoms with Crippen LogP contribution in [-0.2, 0) is 21.2 Å². The summed E-state index contributed by atoms with van der Waals surface area (Å²) in [6.45, 7) is 6.60. The Labute approximate surface area is 214 Å². The molecule has 7 nitrogen and oxygen atoms in total. The quantitative estimate of drug-likeness (QED) is 0.216. The molecule has 186 valence electrons. The average molecular weight is 533 g/mol. The maximum absolute atomic E-state index is 13.8. The first-order valence-electron chi connectivity index (χ1n) is 10.7. The first-order chi connectivity index (χ1) is 16.4. The van der Waals surface area contributed by atoms with Crippen LogP contribution >= 0.6 is 23.1 Å². The van der Waals surface area contributed by atoms with Crippen LogP contribution in [0.15, 0.2) is 62.5 Å². The van der Waals surface area contributed by atoms with Crippen LogP contribution in [0, 0.1) is 12.3 Å². The van der Waals surface area contributed by atoms with Crippen LogP contribution in [0.3, 0.4) is 0 Å². The van der Waals surface area contributed by atoms with Crippen molar-refractivity contribution in [1.29, 1.82) is 5.41 Å². The van der Waals surface area contributed by atoms with Crippen molar-refractivity contribution in [2.24, 2.45) is 0 Å². The maximum Gasteiger partial charge on any atom is 0.413 e. The van der Waals surface area contributed by atoms with Gasteiger partial charge in [0.05, 0.1) is 25.5 Å². The number of thioether (sulfide) groups is 1. The minimum absolute atomic E-state index is 0.00651. The first-order valence-corrected chi connectivity index (χ1v) is 14.2. The SMILES string of the molecule is CSc1sc(C(=N)NC(=O)OC(C)(C)C)cc1S(=O)(=O)c1cccc(-c2ccccc2C)c1CO. The Kier molecular flexibility index (Phi) is 8.10. The molecule has 1 heterocycles. The molecule has 0 fully saturated rings. The van der Waals surface area contributed by atoms with Gasteiger partial charge in [-0.3, -0.25) is 10.7 Å². The zero-order chi connectivity index (χ0) is 26.0. The lowest BCUT2D eigenvalue weighted by Crippen LogP contribution is -2.36. The number of amidine groups is 1. The lowest BCUT2D eigenvalue weighted by atomic mass is 9.96. The van der Waals surface area contributed by atoms with Crippen LogP contribution in [0.25, 0.3) is 11.1 Å². The molecule has 0 spiro atoms. The molecule has 0 saturated carbocycles. The standard InChI is InChI=1S/C25H28N2O5S3/c1-15-9-6-7-10-16(15)17-11-8-12-20(18(17)14-28)35(30,31)21-13-19(34-23(21)33-5)22(26)27-24(29)32-25(2,3)4/h6-13,28H,14H2,1-5H3,(H2,26,27,29). The summed E-state index contributed by atoms with van der Waals surface area (Å²) in [7, 11) is -4.05. The Bertz CT molecular complexity index is 1370. The van der Waals surface area contributed by atoms with Crippen LogP contribution in [0.4, 0.5) is 4.79 Å². The van der Waals surface area contributed by atoms with Gasteiger partial charge in [-0.2, -0.15) is 0 Å². The highest BCUT2D eigenvalue weighted by atomic mass is 32.2. The van der Waals surface area contributed by atoms with Gasteiger partial charge in [0, 0.05) is 5.56 Å². The van der Waals surface area contributed by atoms with Crippen LogP contribution in [0.5, 0.6) is 0 Å². The molecular weight excluding hydrogens is 504 g/mol. The molecule has 0 aliphatic carbocycles. The zero-order valence-corrected chi connectivity index (χ0v) is 22.6. The summed E-state index contributed by atoms with van der Waals surface area (Å²) < 4.78 is 33.3. The lowest BCUT2D eigenvalue weighted by Gasteiger charge is -2.19. The van der Waals surface area contributed by atoms with E-state index in [0.717, 1.165) is 22.5 Å². The van der Waals surface area contributed by atoms with Gasteiger partial charge in [-0.1, -0.05) is 36.4 Å². The summed E-state index contributed by atoms with van der Waals surface area (Å²) in [4.78, 5) is 12.4. The fourth-order valence-corrected chi connectivity index (χ4v) is 7.65. The van der Waals surface area contributed by atoms with E-state index in [2.05, 4.69) is 5.32 Å². The average Bonchev–Trinajstić information content (AvgIpc) is 3.23. The summed E-state index contributed by atoms with van der Waals surface area (Å²) in [6, 6.07) is 13.9. The van der Waals surface area contributed by atoms with Gasteiger partial charge in [0.1, 0.15) is 11.4 Å². The number of thiophene rings is 1. The predicted octanol–water partition coefficient (Wildman–Crippen LogP) is 5.62. The summed E-state index contributed by atoms with van der Waals surface area (Å²) in [5.41, 5.74) is 2.02. The fraction of sp³-hybridized carbons (Fsp3) is 0.280. The number of nitrogens with one attached hydrogen (secondary N) is 2. The molecule has 1 amide bonds. The van der Waals surface area contributed by atoms with Crippen molar-refractivity contribution in [3.05, 3.63) is 64.5 Å². The van der Waals surface area contributed by atoms with Crippen LogP contribution in [-0.4, -0.2) is 37.3 Å². The number of alkyl carbamates (subject to hydrolysis) is 1.